The summed E-state index contributed by atoms with van der Waals surface area (Å²) in [5.41, 5.74) is 0.899. The molecule has 2 aromatic carbocycles. The molecule has 7 heteroatoms. The van der Waals surface area contributed by atoms with Gasteiger partial charge in [0.15, 0.2) is 11.5 Å². The van der Waals surface area contributed by atoms with Gasteiger partial charge < -0.3 is 14.8 Å². The Labute approximate surface area is 149 Å². The third-order valence-electron chi connectivity index (χ3n) is 3.20. The van der Waals surface area contributed by atoms with Crippen molar-refractivity contribution in [1.82, 2.24) is 5.32 Å². The van der Waals surface area contributed by atoms with Gasteiger partial charge in [-0.25, -0.2) is 4.39 Å². The van der Waals surface area contributed by atoms with Crippen LogP contribution >= 0.6 is 23.4 Å². The molecule has 0 saturated heterocycles. The fourth-order valence-electron chi connectivity index (χ4n) is 1.96. The van der Waals surface area contributed by atoms with Crippen LogP contribution in [0.4, 0.5) is 4.39 Å². The molecule has 0 fully saturated rings. The van der Waals surface area contributed by atoms with E-state index in [4.69, 9.17) is 21.1 Å². The zero-order chi connectivity index (χ0) is 17.5. The standard InChI is InChI=1S/C17H17ClFNO3S/c1-22-15-6-3-11(7-16(15)23-2)9-20-17(21)10-24-12-4-5-14(19)13(18)8-12/h3-8H,9-10H2,1-2H3,(H,20,21). The Kier molecular flexibility index (Phi) is 6.75. The Morgan fingerprint density at radius 1 is 1.17 bits per heavy atom. The molecular weight excluding hydrogens is 353 g/mol. The molecule has 1 N–H and O–H groups in total. The first-order valence-electron chi connectivity index (χ1n) is 7.09. The highest BCUT2D eigenvalue weighted by Crippen LogP contribution is 2.27. The maximum Gasteiger partial charge on any atom is 0.230 e. The molecule has 24 heavy (non-hydrogen) atoms. The second-order valence-corrected chi connectivity index (χ2v) is 6.29. The summed E-state index contributed by atoms with van der Waals surface area (Å²) in [5, 5.41) is 2.87. The van der Waals surface area contributed by atoms with E-state index in [0.29, 0.717) is 18.0 Å². The van der Waals surface area contributed by atoms with Crippen LogP contribution in [0.25, 0.3) is 0 Å². The normalized spacial score (nSPS) is 10.3. The molecule has 0 aliphatic rings. The number of hydrogen-bond acceptors (Lipinski definition) is 4. The lowest BCUT2D eigenvalue weighted by atomic mass is 10.2. The van der Waals surface area contributed by atoms with E-state index < -0.39 is 5.82 Å². The summed E-state index contributed by atoms with van der Waals surface area (Å²) in [6, 6.07) is 9.83. The van der Waals surface area contributed by atoms with Gasteiger partial charge in [0, 0.05) is 11.4 Å². The van der Waals surface area contributed by atoms with Crippen molar-refractivity contribution in [1.29, 1.82) is 0 Å². The van der Waals surface area contributed by atoms with Crippen molar-refractivity contribution in [2.75, 3.05) is 20.0 Å². The number of hydrogen-bond donors (Lipinski definition) is 1. The van der Waals surface area contributed by atoms with Crippen molar-refractivity contribution < 1.29 is 18.7 Å². The average molecular weight is 370 g/mol. The summed E-state index contributed by atoms with van der Waals surface area (Å²) in [4.78, 5) is 12.7. The molecule has 0 aliphatic heterocycles. The van der Waals surface area contributed by atoms with Crippen LogP contribution in [0.2, 0.25) is 5.02 Å². The Bertz CT molecular complexity index is 727. The molecule has 4 nitrogen and oxygen atoms in total. The zero-order valence-corrected chi connectivity index (χ0v) is 14.8. The van der Waals surface area contributed by atoms with Crippen molar-refractivity contribution in [2.24, 2.45) is 0 Å². The topological polar surface area (TPSA) is 47.6 Å². The number of ether oxygens (including phenoxy) is 2. The summed E-state index contributed by atoms with van der Waals surface area (Å²) in [5.74, 6) is 0.861. The smallest absolute Gasteiger partial charge is 0.230 e. The molecule has 0 atom stereocenters. The highest BCUT2D eigenvalue weighted by Gasteiger charge is 2.08. The number of benzene rings is 2. The summed E-state index contributed by atoms with van der Waals surface area (Å²) in [6.07, 6.45) is 0. The van der Waals surface area contributed by atoms with Gasteiger partial charge in [0.1, 0.15) is 5.82 Å². The van der Waals surface area contributed by atoms with E-state index in [-0.39, 0.29) is 16.7 Å². The highest BCUT2D eigenvalue weighted by molar-refractivity contribution is 8.00. The lowest BCUT2D eigenvalue weighted by molar-refractivity contribution is -0.118. The summed E-state index contributed by atoms with van der Waals surface area (Å²) in [6.45, 7) is 0.379. The van der Waals surface area contributed by atoms with Gasteiger partial charge in [-0.05, 0) is 35.9 Å². The van der Waals surface area contributed by atoms with E-state index in [9.17, 15) is 9.18 Å². The molecule has 0 aromatic heterocycles. The lowest BCUT2D eigenvalue weighted by Crippen LogP contribution is -2.24. The van der Waals surface area contributed by atoms with Crippen molar-refractivity contribution >= 4 is 29.3 Å². The van der Waals surface area contributed by atoms with Gasteiger partial charge in [-0.15, -0.1) is 11.8 Å². The molecule has 0 radical (unpaired) electrons. The molecule has 0 unspecified atom stereocenters. The third kappa shape index (κ3) is 5.04. The van der Waals surface area contributed by atoms with Crippen LogP contribution in [-0.4, -0.2) is 25.9 Å². The summed E-state index contributed by atoms with van der Waals surface area (Å²) >= 11 is 7.01. The fourth-order valence-corrected chi connectivity index (χ4v) is 2.97. The second kappa shape index (κ2) is 8.80. The molecular formula is C17H17ClFNO3S. The molecule has 0 saturated carbocycles. The third-order valence-corrected chi connectivity index (χ3v) is 4.48. The second-order valence-electron chi connectivity index (χ2n) is 4.83. The summed E-state index contributed by atoms with van der Waals surface area (Å²) < 4.78 is 23.5. The number of thioether (sulfide) groups is 1. The molecule has 2 aromatic rings. The maximum absolute atomic E-state index is 13.1. The average Bonchev–Trinajstić information content (AvgIpc) is 2.60. The van der Waals surface area contributed by atoms with E-state index in [1.54, 1.807) is 26.4 Å². The van der Waals surface area contributed by atoms with Crippen molar-refractivity contribution in [2.45, 2.75) is 11.4 Å². The van der Waals surface area contributed by atoms with E-state index in [2.05, 4.69) is 5.32 Å². The number of methoxy groups -OCH3 is 2. The predicted molar refractivity (Wildman–Crippen MR) is 93.5 cm³/mol. The minimum Gasteiger partial charge on any atom is -0.493 e. The minimum absolute atomic E-state index is 0.0470. The van der Waals surface area contributed by atoms with Crippen LogP contribution in [0.3, 0.4) is 0 Å². The number of carbonyl (C=O) groups is 1. The SMILES string of the molecule is COc1ccc(CNC(=O)CSc2ccc(F)c(Cl)c2)cc1OC. The van der Waals surface area contributed by atoms with Crippen molar-refractivity contribution in [3.63, 3.8) is 0 Å². The van der Waals surface area contributed by atoms with E-state index >= 15 is 0 Å². The van der Waals surface area contributed by atoms with E-state index in [0.717, 1.165) is 10.5 Å². The Balaban J connectivity index is 1.85. The first-order valence-corrected chi connectivity index (χ1v) is 8.45. The molecule has 128 valence electrons. The van der Waals surface area contributed by atoms with Crippen LogP contribution in [0.1, 0.15) is 5.56 Å². The summed E-state index contributed by atoms with van der Waals surface area (Å²) in [7, 11) is 3.13. The quantitative estimate of drug-likeness (QED) is 0.752. The molecule has 2 rings (SSSR count). The van der Waals surface area contributed by atoms with Gasteiger partial charge in [0.05, 0.1) is 25.0 Å². The molecule has 0 heterocycles. The van der Waals surface area contributed by atoms with E-state index in [1.165, 1.54) is 23.9 Å². The van der Waals surface area contributed by atoms with Crippen LogP contribution in [0.5, 0.6) is 11.5 Å². The Morgan fingerprint density at radius 3 is 2.58 bits per heavy atom. The number of halogens is 2. The van der Waals surface area contributed by atoms with Crippen LogP contribution in [-0.2, 0) is 11.3 Å². The Hall–Kier alpha value is -1.92. The first kappa shape index (κ1) is 18.4. The van der Waals surface area contributed by atoms with Gasteiger partial charge in [0.25, 0.3) is 0 Å². The van der Waals surface area contributed by atoms with Crippen LogP contribution < -0.4 is 14.8 Å². The van der Waals surface area contributed by atoms with Crippen molar-refractivity contribution in [3.05, 3.63) is 52.8 Å². The van der Waals surface area contributed by atoms with E-state index in [1.807, 2.05) is 12.1 Å². The zero-order valence-electron chi connectivity index (χ0n) is 13.3. The van der Waals surface area contributed by atoms with Gasteiger partial charge in [-0.2, -0.15) is 0 Å². The lowest BCUT2D eigenvalue weighted by Gasteiger charge is -2.10. The molecule has 1 amide bonds. The van der Waals surface area contributed by atoms with Gasteiger partial charge in [0.2, 0.25) is 5.91 Å². The predicted octanol–water partition coefficient (Wildman–Crippen LogP) is 3.90. The van der Waals surface area contributed by atoms with Crippen LogP contribution in [0.15, 0.2) is 41.3 Å². The maximum atomic E-state index is 13.1. The number of amides is 1. The molecule has 0 spiro atoms. The molecule has 0 aliphatic carbocycles. The minimum atomic E-state index is -0.473. The highest BCUT2D eigenvalue weighted by atomic mass is 35.5. The number of carbonyl (C=O) groups excluding carboxylic acids is 1. The molecule has 0 bridgehead atoms. The van der Waals surface area contributed by atoms with Gasteiger partial charge in [-0.3, -0.25) is 4.79 Å². The fraction of sp³-hybridized carbons (Fsp3) is 0.235. The van der Waals surface area contributed by atoms with Crippen LogP contribution in [0, 0.1) is 5.82 Å². The first-order chi connectivity index (χ1) is 11.5. The largest absolute Gasteiger partial charge is 0.493 e. The van der Waals surface area contributed by atoms with Crippen molar-refractivity contribution in [3.8, 4) is 11.5 Å². The number of rotatable bonds is 7. The van der Waals surface area contributed by atoms with Gasteiger partial charge >= 0.3 is 0 Å². The Morgan fingerprint density at radius 2 is 1.92 bits per heavy atom. The monoisotopic (exact) mass is 369 g/mol. The van der Waals surface area contributed by atoms with Gasteiger partial charge in [-0.1, -0.05) is 17.7 Å². The number of nitrogens with one attached hydrogen (secondary N) is 1.